The number of halogens is 6. The molecule has 1 amide bonds. The van der Waals surface area contributed by atoms with Gasteiger partial charge >= 0.3 is 12.1 Å². The Hall–Kier alpha value is -1.82. The van der Waals surface area contributed by atoms with Crippen LogP contribution < -0.4 is 9.46 Å². The number of nitrogens with one attached hydrogen (secondary N) is 1. The second-order valence-corrected chi connectivity index (χ2v) is 9.13. The van der Waals surface area contributed by atoms with Gasteiger partial charge in [-0.05, 0) is 37.8 Å². The number of benzene rings is 1. The van der Waals surface area contributed by atoms with Gasteiger partial charge in [0.2, 0.25) is 0 Å². The predicted octanol–water partition coefficient (Wildman–Crippen LogP) is 4.29. The highest BCUT2D eigenvalue weighted by Crippen LogP contribution is 2.56. The first kappa shape index (κ1) is 23.8. The zero-order chi connectivity index (χ0) is 23.0. The smallest absolute Gasteiger partial charge is 0.453 e. The molecule has 174 valence electrons. The summed E-state index contributed by atoms with van der Waals surface area (Å²) in [6.07, 6.45) is -5.23. The van der Waals surface area contributed by atoms with Crippen molar-refractivity contribution in [2.24, 2.45) is 5.41 Å². The molecule has 3 rings (SSSR count). The van der Waals surface area contributed by atoms with Crippen molar-refractivity contribution >= 4 is 17.1 Å². The largest absolute Gasteiger partial charge is 0.492 e. The van der Waals surface area contributed by atoms with Crippen molar-refractivity contribution in [2.45, 2.75) is 51.1 Å². The van der Waals surface area contributed by atoms with Crippen LogP contribution in [0.2, 0.25) is 0 Å². The molecule has 1 saturated heterocycles. The van der Waals surface area contributed by atoms with Gasteiger partial charge in [0.15, 0.2) is 11.2 Å². The van der Waals surface area contributed by atoms with E-state index in [0.29, 0.717) is 13.1 Å². The van der Waals surface area contributed by atoms with Crippen molar-refractivity contribution in [3.8, 4) is 5.75 Å². The number of hydrogen-bond donors (Lipinski definition) is 1. The summed E-state index contributed by atoms with van der Waals surface area (Å²) in [7, 11) is 0. The highest BCUT2D eigenvalue weighted by Gasteiger charge is 2.70. The molecule has 1 N–H and O–H groups in total. The van der Waals surface area contributed by atoms with Crippen LogP contribution in [0.3, 0.4) is 0 Å². The van der Waals surface area contributed by atoms with E-state index in [9.17, 15) is 35.3 Å². The molecule has 1 atom stereocenters. The molecule has 1 aromatic rings. The summed E-state index contributed by atoms with van der Waals surface area (Å²) in [4.78, 5) is 12.2. The van der Waals surface area contributed by atoms with Gasteiger partial charge in [0.1, 0.15) is 11.6 Å². The molecule has 5 nitrogen and oxygen atoms in total. The fourth-order valence-corrected chi connectivity index (χ4v) is 4.75. The molecule has 0 bridgehead atoms. The van der Waals surface area contributed by atoms with Crippen molar-refractivity contribution in [3.63, 3.8) is 0 Å². The zero-order valence-corrected chi connectivity index (χ0v) is 17.5. The van der Waals surface area contributed by atoms with E-state index in [4.69, 9.17) is 4.74 Å². The van der Waals surface area contributed by atoms with Crippen molar-refractivity contribution in [1.82, 2.24) is 9.03 Å². The zero-order valence-electron chi connectivity index (χ0n) is 16.7. The lowest BCUT2D eigenvalue weighted by Crippen LogP contribution is -2.53. The number of ether oxygens (including phenoxy) is 1. The maximum absolute atomic E-state index is 14.5. The summed E-state index contributed by atoms with van der Waals surface area (Å²) in [5.41, 5.74) is -2.70. The number of rotatable bonds is 7. The standard InChI is InChI=1S/C19H22F6N2O3S/c1-12-9-13(16(28)26-31(29)27-7-4-8-27)14(20)10-15(12)30-11-17(5-2-3-6-17)18(21,22)19(23,24)25/h9-10H,2-8,11H2,1H3,(H,26,28). The maximum Gasteiger partial charge on any atom is 0.453 e. The van der Waals surface area contributed by atoms with Crippen molar-refractivity contribution < 1.29 is 40.1 Å². The van der Waals surface area contributed by atoms with Crippen LogP contribution in [0.4, 0.5) is 26.3 Å². The van der Waals surface area contributed by atoms with E-state index in [1.54, 1.807) is 0 Å². The Morgan fingerprint density at radius 1 is 1.16 bits per heavy atom. The van der Waals surface area contributed by atoms with Gasteiger partial charge in [-0.15, -0.1) is 0 Å². The highest BCUT2D eigenvalue weighted by molar-refractivity contribution is 7.81. The van der Waals surface area contributed by atoms with Crippen LogP contribution in [-0.4, -0.2) is 46.2 Å². The summed E-state index contributed by atoms with van der Waals surface area (Å²) < 4.78 is 103. The fraction of sp³-hybridized carbons (Fsp3) is 0.632. The van der Waals surface area contributed by atoms with Crippen LogP contribution in [0, 0.1) is 18.2 Å². The normalized spacial score (nSPS) is 20.2. The Kier molecular flexibility index (Phi) is 6.62. The van der Waals surface area contributed by atoms with Gasteiger partial charge in [-0.3, -0.25) is 9.52 Å². The van der Waals surface area contributed by atoms with Crippen molar-refractivity contribution in [1.29, 1.82) is 0 Å². The molecule has 0 aromatic heterocycles. The number of carbonyl (C=O) groups is 1. The second-order valence-electron chi connectivity index (χ2n) is 7.91. The maximum atomic E-state index is 14.5. The molecule has 2 aliphatic rings. The molecule has 1 aliphatic heterocycles. The van der Waals surface area contributed by atoms with E-state index < -0.39 is 52.6 Å². The van der Waals surface area contributed by atoms with Crippen LogP contribution in [0.15, 0.2) is 12.1 Å². The number of carbonyl (C=O) groups excluding carboxylic acids is 1. The fourth-order valence-electron chi connectivity index (χ4n) is 3.76. The Morgan fingerprint density at radius 2 is 1.77 bits per heavy atom. The van der Waals surface area contributed by atoms with E-state index in [1.807, 2.05) is 0 Å². The minimum atomic E-state index is -5.73. The van der Waals surface area contributed by atoms with Crippen molar-refractivity contribution in [3.05, 3.63) is 29.1 Å². The van der Waals surface area contributed by atoms with E-state index in [1.165, 1.54) is 11.2 Å². The molecule has 1 heterocycles. The van der Waals surface area contributed by atoms with Crippen LogP contribution >= 0.6 is 0 Å². The van der Waals surface area contributed by atoms with Gasteiger partial charge in [0, 0.05) is 19.2 Å². The number of nitrogens with zero attached hydrogens (tertiary/aromatic N) is 1. The average Bonchev–Trinajstić information content (AvgIpc) is 3.10. The van der Waals surface area contributed by atoms with E-state index in [-0.39, 0.29) is 37.0 Å². The van der Waals surface area contributed by atoms with Gasteiger partial charge in [0.05, 0.1) is 17.6 Å². The first-order chi connectivity index (χ1) is 14.4. The lowest BCUT2D eigenvalue weighted by atomic mass is 9.79. The Bertz CT molecular complexity index is 867. The SMILES string of the molecule is Cc1cc(C(=O)NS(=O)N2CCC2)c(F)cc1OCC1(C(F)(F)C(F)(F)F)CCCC1. The molecule has 0 radical (unpaired) electrons. The average molecular weight is 472 g/mol. The molecule has 12 heteroatoms. The third-order valence-corrected chi connectivity index (χ3v) is 7.02. The van der Waals surface area contributed by atoms with Gasteiger partial charge in [-0.1, -0.05) is 12.8 Å². The molecule has 1 aromatic carbocycles. The Morgan fingerprint density at radius 3 is 2.29 bits per heavy atom. The van der Waals surface area contributed by atoms with Gasteiger partial charge in [0.25, 0.3) is 5.91 Å². The van der Waals surface area contributed by atoms with Crippen LogP contribution in [0.1, 0.15) is 48.0 Å². The summed E-state index contributed by atoms with van der Waals surface area (Å²) in [5, 5.41) is 0. The predicted molar refractivity (Wildman–Crippen MR) is 100 cm³/mol. The third kappa shape index (κ3) is 4.55. The Balaban J connectivity index is 1.75. The monoisotopic (exact) mass is 472 g/mol. The van der Waals surface area contributed by atoms with E-state index in [2.05, 4.69) is 4.72 Å². The molecular formula is C19H22F6N2O3S. The van der Waals surface area contributed by atoms with Crippen LogP contribution in [-0.2, 0) is 11.2 Å². The quantitative estimate of drug-likeness (QED) is 0.603. The molecule has 0 spiro atoms. The number of aryl methyl sites for hydroxylation is 1. The molecule has 1 unspecified atom stereocenters. The summed E-state index contributed by atoms with van der Waals surface area (Å²) in [5.74, 6) is -7.19. The minimum absolute atomic E-state index is 0.171. The third-order valence-electron chi connectivity index (χ3n) is 5.83. The topological polar surface area (TPSA) is 58.6 Å². The second kappa shape index (κ2) is 8.61. The first-order valence-corrected chi connectivity index (χ1v) is 10.8. The lowest BCUT2D eigenvalue weighted by Gasteiger charge is -2.37. The van der Waals surface area contributed by atoms with Crippen LogP contribution in [0.5, 0.6) is 5.75 Å². The summed E-state index contributed by atoms with van der Waals surface area (Å²) in [6, 6.07) is 1.85. The summed E-state index contributed by atoms with van der Waals surface area (Å²) in [6.45, 7) is 1.53. The number of hydrogen-bond acceptors (Lipinski definition) is 3. The number of amides is 1. The highest BCUT2D eigenvalue weighted by atomic mass is 32.2. The van der Waals surface area contributed by atoms with Crippen molar-refractivity contribution in [2.75, 3.05) is 19.7 Å². The van der Waals surface area contributed by atoms with E-state index >= 15 is 0 Å². The molecule has 1 aliphatic carbocycles. The van der Waals surface area contributed by atoms with Gasteiger partial charge in [-0.25, -0.2) is 12.9 Å². The minimum Gasteiger partial charge on any atom is -0.492 e. The van der Waals surface area contributed by atoms with E-state index in [0.717, 1.165) is 18.6 Å². The summed E-state index contributed by atoms with van der Waals surface area (Å²) >= 11 is -1.81. The van der Waals surface area contributed by atoms with Gasteiger partial charge < -0.3 is 4.74 Å². The number of alkyl halides is 5. The molecule has 31 heavy (non-hydrogen) atoms. The molecule has 2 fully saturated rings. The van der Waals surface area contributed by atoms with Gasteiger partial charge in [-0.2, -0.15) is 22.0 Å². The lowest BCUT2D eigenvalue weighted by molar-refractivity contribution is -0.329. The molecule has 1 saturated carbocycles. The Labute approximate surface area is 177 Å². The molecular weight excluding hydrogens is 450 g/mol. The van der Waals surface area contributed by atoms with Crippen LogP contribution in [0.25, 0.3) is 0 Å². The first-order valence-electron chi connectivity index (χ1n) is 9.73.